The highest BCUT2D eigenvalue weighted by atomic mass is 32.2. The molecule has 0 fully saturated rings. The lowest BCUT2D eigenvalue weighted by Gasteiger charge is -2.25. The standard InChI is InChI=1S/C26H31N3O3S/c1-5-20-11-13-21(14-12-20)25(28(2)3)19-27-26(30)22-15-17-24(18-16-22)33(31,32)29(4)23-9-7-6-8-10-23/h6-18,25H,5,19H2,1-4H3,(H,27,30). The summed E-state index contributed by atoms with van der Waals surface area (Å²) >= 11 is 0. The van der Waals surface area contributed by atoms with Crippen LogP contribution >= 0.6 is 0 Å². The van der Waals surface area contributed by atoms with Crippen molar-refractivity contribution in [1.29, 1.82) is 0 Å². The molecule has 0 saturated heterocycles. The van der Waals surface area contributed by atoms with Gasteiger partial charge in [0, 0.05) is 19.2 Å². The number of likely N-dealkylation sites (N-methyl/N-ethyl adjacent to an activating group) is 1. The molecule has 3 rings (SSSR count). The fourth-order valence-electron chi connectivity index (χ4n) is 3.58. The Bertz CT molecular complexity index is 1160. The number of carbonyl (C=O) groups is 1. The zero-order chi connectivity index (χ0) is 24.0. The van der Waals surface area contributed by atoms with E-state index in [2.05, 4.69) is 41.4 Å². The summed E-state index contributed by atoms with van der Waals surface area (Å²) in [5, 5.41) is 2.97. The van der Waals surface area contributed by atoms with E-state index in [1.165, 1.54) is 29.0 Å². The molecule has 0 bridgehead atoms. The Balaban J connectivity index is 1.69. The summed E-state index contributed by atoms with van der Waals surface area (Å²) in [5.74, 6) is -0.243. The molecule has 1 amide bonds. The summed E-state index contributed by atoms with van der Waals surface area (Å²) in [6.07, 6.45) is 0.983. The normalized spacial score (nSPS) is 12.4. The van der Waals surface area contributed by atoms with E-state index in [0.29, 0.717) is 17.8 Å². The maximum atomic E-state index is 12.9. The van der Waals surface area contributed by atoms with E-state index in [1.54, 1.807) is 36.4 Å². The minimum absolute atomic E-state index is 0.0269. The first-order valence-electron chi connectivity index (χ1n) is 10.9. The molecular weight excluding hydrogens is 434 g/mol. The molecule has 3 aromatic rings. The number of amides is 1. The van der Waals surface area contributed by atoms with Crippen molar-refractivity contribution in [1.82, 2.24) is 10.2 Å². The fourth-order valence-corrected chi connectivity index (χ4v) is 4.77. The highest BCUT2D eigenvalue weighted by Gasteiger charge is 2.22. The first-order chi connectivity index (χ1) is 15.7. The zero-order valence-corrected chi connectivity index (χ0v) is 20.3. The van der Waals surface area contributed by atoms with E-state index < -0.39 is 10.0 Å². The lowest BCUT2D eigenvalue weighted by molar-refractivity contribution is 0.0942. The van der Waals surface area contributed by atoms with Gasteiger partial charge in [-0.1, -0.05) is 49.4 Å². The van der Waals surface area contributed by atoms with Gasteiger partial charge in [-0.05, 0) is 68.0 Å². The number of benzene rings is 3. The maximum Gasteiger partial charge on any atom is 0.264 e. The summed E-state index contributed by atoms with van der Waals surface area (Å²) in [6.45, 7) is 2.56. The van der Waals surface area contributed by atoms with Gasteiger partial charge in [0.15, 0.2) is 0 Å². The molecule has 1 N–H and O–H groups in total. The van der Waals surface area contributed by atoms with Gasteiger partial charge in [0.1, 0.15) is 0 Å². The van der Waals surface area contributed by atoms with Gasteiger partial charge in [0.25, 0.3) is 15.9 Å². The molecule has 1 atom stereocenters. The van der Waals surface area contributed by atoms with Gasteiger partial charge in [0.05, 0.1) is 16.6 Å². The first kappa shape index (κ1) is 24.5. The van der Waals surface area contributed by atoms with E-state index in [1.807, 2.05) is 20.2 Å². The van der Waals surface area contributed by atoms with E-state index in [4.69, 9.17) is 0 Å². The van der Waals surface area contributed by atoms with E-state index >= 15 is 0 Å². The molecule has 7 heteroatoms. The van der Waals surface area contributed by atoms with Crippen molar-refractivity contribution >= 4 is 21.6 Å². The molecule has 0 aliphatic carbocycles. The third-order valence-corrected chi connectivity index (χ3v) is 7.55. The Morgan fingerprint density at radius 2 is 1.48 bits per heavy atom. The van der Waals surface area contributed by atoms with Crippen molar-refractivity contribution in [3.05, 3.63) is 95.6 Å². The molecule has 0 heterocycles. The maximum absolute atomic E-state index is 12.9. The predicted octanol–water partition coefficient (Wildman–Crippen LogP) is 4.11. The van der Waals surface area contributed by atoms with Crippen LogP contribution in [0.15, 0.2) is 83.8 Å². The van der Waals surface area contributed by atoms with E-state index in [9.17, 15) is 13.2 Å². The minimum atomic E-state index is -3.72. The number of sulfonamides is 1. The first-order valence-corrected chi connectivity index (χ1v) is 12.4. The molecule has 0 aromatic heterocycles. The highest BCUT2D eigenvalue weighted by Crippen LogP contribution is 2.22. The Hall–Kier alpha value is -3.16. The largest absolute Gasteiger partial charge is 0.350 e. The predicted molar refractivity (Wildman–Crippen MR) is 133 cm³/mol. The molecule has 174 valence electrons. The van der Waals surface area contributed by atoms with Crippen molar-refractivity contribution in [2.75, 3.05) is 32.0 Å². The summed E-state index contributed by atoms with van der Waals surface area (Å²) in [7, 11) is 1.75. The third kappa shape index (κ3) is 5.80. The third-order valence-electron chi connectivity index (χ3n) is 5.75. The van der Waals surface area contributed by atoms with Crippen LogP contribution in [0.1, 0.15) is 34.5 Å². The smallest absolute Gasteiger partial charge is 0.264 e. The molecule has 3 aromatic carbocycles. The van der Waals surface area contributed by atoms with Crippen molar-refractivity contribution in [3.63, 3.8) is 0 Å². The van der Waals surface area contributed by atoms with Crippen LogP contribution in [0.3, 0.4) is 0 Å². The van der Waals surface area contributed by atoms with Gasteiger partial charge in [-0.25, -0.2) is 8.42 Å². The number of anilines is 1. The molecule has 0 spiro atoms. The van der Waals surface area contributed by atoms with Crippen molar-refractivity contribution in [3.8, 4) is 0 Å². The Morgan fingerprint density at radius 3 is 2.03 bits per heavy atom. The average molecular weight is 466 g/mol. The van der Waals surface area contributed by atoms with Crippen LogP contribution < -0.4 is 9.62 Å². The highest BCUT2D eigenvalue weighted by molar-refractivity contribution is 7.92. The lowest BCUT2D eigenvalue weighted by Crippen LogP contribution is -2.34. The minimum Gasteiger partial charge on any atom is -0.350 e. The molecule has 0 aliphatic rings. The van der Waals surface area contributed by atoms with Crippen molar-refractivity contribution < 1.29 is 13.2 Å². The fraction of sp³-hybridized carbons (Fsp3) is 0.269. The van der Waals surface area contributed by atoms with E-state index in [0.717, 1.165) is 12.0 Å². The second-order valence-electron chi connectivity index (χ2n) is 8.12. The van der Waals surface area contributed by atoms with Gasteiger partial charge >= 0.3 is 0 Å². The number of hydrogen-bond donors (Lipinski definition) is 1. The molecular formula is C26H31N3O3S. The van der Waals surface area contributed by atoms with Crippen LogP contribution in [0.5, 0.6) is 0 Å². The summed E-state index contributed by atoms with van der Waals surface area (Å²) in [6, 6.07) is 23.3. The van der Waals surface area contributed by atoms with Crippen LogP contribution in [0.4, 0.5) is 5.69 Å². The second-order valence-corrected chi connectivity index (χ2v) is 10.1. The average Bonchev–Trinajstić information content (AvgIpc) is 2.84. The molecule has 0 aliphatic heterocycles. The van der Waals surface area contributed by atoms with Crippen LogP contribution in [-0.2, 0) is 16.4 Å². The van der Waals surface area contributed by atoms with Gasteiger partial charge in [-0.3, -0.25) is 9.10 Å². The Kier molecular flexibility index (Phi) is 7.89. The number of carbonyl (C=O) groups excluding carboxylic acids is 1. The number of hydrogen-bond acceptors (Lipinski definition) is 4. The molecule has 0 saturated carbocycles. The van der Waals surface area contributed by atoms with Crippen LogP contribution in [-0.4, -0.2) is 46.9 Å². The Morgan fingerprint density at radius 1 is 0.879 bits per heavy atom. The van der Waals surface area contributed by atoms with Gasteiger partial charge < -0.3 is 10.2 Å². The monoisotopic (exact) mass is 465 g/mol. The molecule has 1 unspecified atom stereocenters. The quantitative estimate of drug-likeness (QED) is 0.516. The van der Waals surface area contributed by atoms with Crippen LogP contribution in [0.25, 0.3) is 0 Å². The van der Waals surface area contributed by atoms with Crippen molar-refractivity contribution in [2.24, 2.45) is 0 Å². The van der Waals surface area contributed by atoms with Crippen LogP contribution in [0, 0.1) is 0 Å². The van der Waals surface area contributed by atoms with Gasteiger partial charge in [-0.2, -0.15) is 0 Å². The molecule has 6 nitrogen and oxygen atoms in total. The second kappa shape index (κ2) is 10.6. The van der Waals surface area contributed by atoms with Gasteiger partial charge in [-0.15, -0.1) is 0 Å². The van der Waals surface area contributed by atoms with Gasteiger partial charge in [0.2, 0.25) is 0 Å². The number of aryl methyl sites for hydroxylation is 1. The topological polar surface area (TPSA) is 69.7 Å². The number of nitrogens with one attached hydrogen (secondary N) is 1. The number of para-hydroxylation sites is 1. The summed E-state index contributed by atoms with van der Waals surface area (Å²) < 4.78 is 27.1. The van der Waals surface area contributed by atoms with E-state index in [-0.39, 0.29) is 16.8 Å². The number of rotatable bonds is 9. The Labute approximate surface area is 196 Å². The summed E-state index contributed by atoms with van der Waals surface area (Å²) in [4.78, 5) is 14.9. The SMILES string of the molecule is CCc1ccc(C(CNC(=O)c2ccc(S(=O)(=O)N(C)c3ccccc3)cc2)N(C)C)cc1. The summed E-state index contributed by atoms with van der Waals surface area (Å²) in [5.41, 5.74) is 3.38. The zero-order valence-electron chi connectivity index (χ0n) is 19.5. The lowest BCUT2D eigenvalue weighted by atomic mass is 10.0. The van der Waals surface area contributed by atoms with Crippen LogP contribution in [0.2, 0.25) is 0 Å². The molecule has 33 heavy (non-hydrogen) atoms. The molecule has 0 radical (unpaired) electrons. The number of nitrogens with zero attached hydrogens (tertiary/aromatic N) is 2. The van der Waals surface area contributed by atoms with Crippen molar-refractivity contribution in [2.45, 2.75) is 24.3 Å².